The van der Waals surface area contributed by atoms with Gasteiger partial charge in [-0.2, -0.15) is 0 Å². The molecule has 0 bridgehead atoms. The number of carbonyl (C=O) groups is 1. The van der Waals surface area contributed by atoms with Gasteiger partial charge in [0, 0.05) is 29.8 Å². The third-order valence-corrected chi connectivity index (χ3v) is 5.48. The van der Waals surface area contributed by atoms with E-state index in [9.17, 15) is 4.79 Å². The van der Waals surface area contributed by atoms with Crippen molar-refractivity contribution in [1.29, 1.82) is 0 Å². The van der Waals surface area contributed by atoms with Crippen molar-refractivity contribution in [3.63, 3.8) is 0 Å². The maximum absolute atomic E-state index is 12.9. The summed E-state index contributed by atoms with van der Waals surface area (Å²) in [7, 11) is 0. The number of hydrogen-bond donors (Lipinski definition) is 0. The summed E-state index contributed by atoms with van der Waals surface area (Å²) in [5.74, 6) is 1.56. The molecule has 0 aliphatic rings. The van der Waals surface area contributed by atoms with Gasteiger partial charge < -0.3 is 9.32 Å². The van der Waals surface area contributed by atoms with Crippen molar-refractivity contribution in [1.82, 2.24) is 15.1 Å². The molecule has 0 unspecified atom stereocenters. The van der Waals surface area contributed by atoms with E-state index in [1.165, 1.54) is 0 Å². The van der Waals surface area contributed by atoms with Gasteiger partial charge in [-0.1, -0.05) is 44.9 Å². The van der Waals surface area contributed by atoms with Crippen molar-refractivity contribution in [3.05, 3.63) is 59.7 Å². The Hall–Kier alpha value is -2.95. The summed E-state index contributed by atoms with van der Waals surface area (Å²) in [5, 5.41) is 8.36. The van der Waals surface area contributed by atoms with E-state index >= 15 is 0 Å². The smallest absolute Gasteiger partial charge is 0.253 e. The third-order valence-electron chi connectivity index (χ3n) is 5.48. The van der Waals surface area contributed by atoms with Crippen molar-refractivity contribution in [2.45, 2.75) is 40.5 Å². The molecule has 1 heterocycles. The van der Waals surface area contributed by atoms with Crippen LogP contribution in [0.5, 0.6) is 0 Å². The molecule has 2 aromatic carbocycles. The Bertz CT molecular complexity index is 943. The van der Waals surface area contributed by atoms with Crippen LogP contribution in [0, 0.1) is 12.8 Å². The number of nitrogens with zero attached hydrogens (tertiary/aromatic N) is 3. The van der Waals surface area contributed by atoms with E-state index in [0.29, 0.717) is 29.8 Å². The van der Waals surface area contributed by atoms with Crippen LogP contribution in [0.4, 0.5) is 0 Å². The summed E-state index contributed by atoms with van der Waals surface area (Å²) in [6.07, 6.45) is 2.17. The first-order chi connectivity index (χ1) is 14.1. The minimum atomic E-state index is 0.0667. The fourth-order valence-corrected chi connectivity index (χ4v) is 3.41. The van der Waals surface area contributed by atoms with Crippen molar-refractivity contribution in [2.24, 2.45) is 5.92 Å². The second kappa shape index (κ2) is 9.50. The van der Waals surface area contributed by atoms with Gasteiger partial charge in [-0.15, -0.1) is 10.2 Å². The molecule has 0 N–H and O–H groups in total. The molecule has 0 spiro atoms. The Balaban J connectivity index is 1.76. The summed E-state index contributed by atoms with van der Waals surface area (Å²) in [6, 6.07) is 15.3. The highest BCUT2D eigenvalue weighted by Crippen LogP contribution is 2.26. The van der Waals surface area contributed by atoms with Gasteiger partial charge in [-0.25, -0.2) is 0 Å². The van der Waals surface area contributed by atoms with Crippen LogP contribution in [0.1, 0.15) is 49.5 Å². The Kier molecular flexibility index (Phi) is 6.81. The van der Waals surface area contributed by atoms with Crippen LogP contribution in [-0.2, 0) is 0 Å². The molecule has 152 valence electrons. The highest BCUT2D eigenvalue weighted by atomic mass is 16.4. The molecule has 0 fully saturated rings. The fourth-order valence-electron chi connectivity index (χ4n) is 3.41. The third kappa shape index (κ3) is 4.73. The van der Waals surface area contributed by atoms with Crippen LogP contribution >= 0.6 is 0 Å². The number of amides is 1. The average Bonchev–Trinajstić information content (AvgIpc) is 3.25. The molecule has 3 aromatic rings. The van der Waals surface area contributed by atoms with Gasteiger partial charge in [0.05, 0.1) is 0 Å². The van der Waals surface area contributed by atoms with Gasteiger partial charge in [0.2, 0.25) is 11.8 Å². The van der Waals surface area contributed by atoms with Crippen LogP contribution in [0.15, 0.2) is 52.9 Å². The van der Waals surface area contributed by atoms with Crippen LogP contribution in [0.2, 0.25) is 0 Å². The molecule has 3 rings (SSSR count). The molecule has 29 heavy (non-hydrogen) atoms. The van der Waals surface area contributed by atoms with Crippen LogP contribution in [-0.4, -0.2) is 34.1 Å². The van der Waals surface area contributed by atoms with E-state index in [0.717, 1.165) is 36.1 Å². The topological polar surface area (TPSA) is 59.2 Å². The van der Waals surface area contributed by atoms with E-state index in [2.05, 4.69) is 24.0 Å². The second-order valence-corrected chi connectivity index (χ2v) is 7.33. The first-order valence-corrected chi connectivity index (χ1v) is 10.4. The minimum Gasteiger partial charge on any atom is -0.416 e. The lowest BCUT2D eigenvalue weighted by molar-refractivity contribution is 0.0735. The zero-order valence-corrected chi connectivity index (χ0v) is 17.7. The maximum atomic E-state index is 12.9. The number of rotatable bonds is 8. The molecule has 0 aliphatic carbocycles. The van der Waals surface area contributed by atoms with E-state index < -0.39 is 0 Å². The molecule has 1 amide bonds. The zero-order valence-electron chi connectivity index (χ0n) is 17.7. The lowest BCUT2D eigenvalue weighted by atomic mass is 10.0. The average molecular weight is 392 g/mol. The van der Waals surface area contributed by atoms with Gasteiger partial charge in [0.1, 0.15) is 0 Å². The summed E-state index contributed by atoms with van der Waals surface area (Å²) in [5.41, 5.74) is 3.50. The maximum Gasteiger partial charge on any atom is 0.253 e. The minimum absolute atomic E-state index is 0.0667. The van der Waals surface area contributed by atoms with Gasteiger partial charge >= 0.3 is 0 Å². The number of hydrogen-bond acceptors (Lipinski definition) is 4. The SMILES string of the molecule is CCC(CC)CN(CC)C(=O)c1ccc(-c2nnc(-c3ccccc3C)o2)cc1. The standard InChI is InChI=1S/C24H29N3O2/c1-5-18(6-2)16-27(7-3)24(28)20-14-12-19(13-15-20)22-25-26-23(29-22)21-11-9-8-10-17(21)4/h8-15,18H,5-7,16H2,1-4H3. The predicted molar refractivity (Wildman–Crippen MR) is 116 cm³/mol. The summed E-state index contributed by atoms with van der Waals surface area (Å²) < 4.78 is 5.87. The monoisotopic (exact) mass is 391 g/mol. The fraction of sp³-hybridized carbons (Fsp3) is 0.375. The van der Waals surface area contributed by atoms with Gasteiger partial charge in [0.25, 0.3) is 5.91 Å². The van der Waals surface area contributed by atoms with Crippen molar-refractivity contribution >= 4 is 5.91 Å². The first-order valence-electron chi connectivity index (χ1n) is 10.4. The Labute approximate surface area is 172 Å². The Morgan fingerprint density at radius 3 is 2.24 bits per heavy atom. The van der Waals surface area contributed by atoms with E-state index in [4.69, 9.17) is 4.42 Å². The van der Waals surface area contributed by atoms with E-state index in [-0.39, 0.29) is 5.91 Å². The number of aryl methyl sites for hydroxylation is 1. The van der Waals surface area contributed by atoms with Crippen molar-refractivity contribution in [3.8, 4) is 22.9 Å². The van der Waals surface area contributed by atoms with Crippen LogP contribution in [0.25, 0.3) is 22.9 Å². The van der Waals surface area contributed by atoms with Crippen molar-refractivity contribution < 1.29 is 9.21 Å². The van der Waals surface area contributed by atoms with Crippen molar-refractivity contribution in [2.75, 3.05) is 13.1 Å². The molecule has 0 saturated carbocycles. The van der Waals surface area contributed by atoms with Gasteiger partial charge in [-0.3, -0.25) is 4.79 Å². The molecule has 5 nitrogen and oxygen atoms in total. The van der Waals surface area contributed by atoms with Gasteiger partial charge in [0.15, 0.2) is 0 Å². The highest BCUT2D eigenvalue weighted by molar-refractivity contribution is 5.94. The molecule has 0 aliphatic heterocycles. The molecule has 0 radical (unpaired) electrons. The molecular weight excluding hydrogens is 362 g/mol. The largest absolute Gasteiger partial charge is 0.416 e. The Morgan fingerprint density at radius 2 is 1.62 bits per heavy atom. The van der Waals surface area contributed by atoms with Gasteiger partial charge in [-0.05, 0) is 55.7 Å². The highest BCUT2D eigenvalue weighted by Gasteiger charge is 2.18. The predicted octanol–water partition coefficient (Wildman–Crippen LogP) is 5.61. The van der Waals surface area contributed by atoms with E-state index in [1.54, 1.807) is 0 Å². The summed E-state index contributed by atoms with van der Waals surface area (Å²) in [4.78, 5) is 14.8. The second-order valence-electron chi connectivity index (χ2n) is 7.33. The number of benzene rings is 2. The molecule has 0 saturated heterocycles. The lowest BCUT2D eigenvalue weighted by Gasteiger charge is -2.25. The molecular formula is C24H29N3O2. The lowest BCUT2D eigenvalue weighted by Crippen LogP contribution is -2.35. The number of carbonyl (C=O) groups excluding carboxylic acids is 1. The first kappa shape index (κ1) is 20.8. The van der Waals surface area contributed by atoms with Crippen LogP contribution < -0.4 is 0 Å². The number of aromatic nitrogens is 2. The van der Waals surface area contributed by atoms with E-state index in [1.807, 2.05) is 67.3 Å². The molecule has 5 heteroatoms. The Morgan fingerprint density at radius 1 is 0.966 bits per heavy atom. The summed E-state index contributed by atoms with van der Waals surface area (Å²) >= 11 is 0. The summed E-state index contributed by atoms with van der Waals surface area (Å²) in [6.45, 7) is 9.91. The quantitative estimate of drug-likeness (QED) is 0.501. The normalized spacial score (nSPS) is 11.1. The molecule has 0 atom stereocenters. The van der Waals surface area contributed by atoms with Crippen LogP contribution in [0.3, 0.4) is 0 Å². The zero-order chi connectivity index (χ0) is 20.8. The molecule has 1 aromatic heterocycles.